The SMILES string of the molecule is CN(Cc1ccn[nH]1)C(=O)[C@H]1[C@@H]2C=C[C@@]3(CN(Cc4ccc(F)cc4)C(=O)[C@@H]13)O2. The number of carbonyl (C=O) groups excluding carboxylic acids is 2. The van der Waals surface area contributed by atoms with E-state index in [1.54, 1.807) is 35.2 Å². The minimum Gasteiger partial charge on any atom is -0.360 e. The van der Waals surface area contributed by atoms with Crippen molar-refractivity contribution >= 4 is 11.8 Å². The summed E-state index contributed by atoms with van der Waals surface area (Å²) in [6.45, 7) is 1.15. The van der Waals surface area contributed by atoms with Gasteiger partial charge in [0.2, 0.25) is 11.8 Å². The summed E-state index contributed by atoms with van der Waals surface area (Å²) in [7, 11) is 1.72. The standard InChI is InChI=1S/C21H21FN4O3/c1-25(11-15-7-9-23-24-15)19(27)17-16-6-8-21(29-16)12-26(20(28)18(17)21)10-13-2-4-14(22)5-3-13/h2-9,16-18H,10-12H2,1H3,(H,23,24)/t16-,17-,18+,21-/m0/s1. The van der Waals surface area contributed by atoms with Crippen LogP contribution in [-0.4, -0.2) is 57.1 Å². The van der Waals surface area contributed by atoms with Crippen LogP contribution in [0, 0.1) is 17.7 Å². The molecule has 2 bridgehead atoms. The van der Waals surface area contributed by atoms with Gasteiger partial charge in [-0.25, -0.2) is 4.39 Å². The van der Waals surface area contributed by atoms with Crippen LogP contribution < -0.4 is 0 Å². The predicted octanol–water partition coefficient (Wildman–Crippen LogP) is 1.49. The molecule has 3 aliphatic rings. The lowest BCUT2D eigenvalue weighted by molar-refractivity contribution is -0.142. The fourth-order valence-corrected chi connectivity index (χ4v) is 4.76. The van der Waals surface area contributed by atoms with E-state index < -0.39 is 17.4 Å². The highest BCUT2D eigenvalue weighted by molar-refractivity contribution is 5.93. The number of amides is 2. The number of aromatic amines is 1. The molecular formula is C21H21FN4O3. The lowest BCUT2D eigenvalue weighted by Gasteiger charge is -2.27. The molecule has 1 aromatic heterocycles. The van der Waals surface area contributed by atoms with Gasteiger partial charge in [-0.1, -0.05) is 24.3 Å². The van der Waals surface area contributed by atoms with E-state index in [0.717, 1.165) is 11.3 Å². The van der Waals surface area contributed by atoms with Gasteiger partial charge in [0.25, 0.3) is 0 Å². The van der Waals surface area contributed by atoms with Crippen LogP contribution >= 0.6 is 0 Å². The van der Waals surface area contributed by atoms with Gasteiger partial charge in [-0.3, -0.25) is 14.7 Å². The summed E-state index contributed by atoms with van der Waals surface area (Å²) in [5, 5.41) is 6.76. The van der Waals surface area contributed by atoms with E-state index in [1.807, 2.05) is 18.2 Å². The number of hydrogen-bond acceptors (Lipinski definition) is 4. The number of aromatic nitrogens is 2. The Bertz CT molecular complexity index is 974. The van der Waals surface area contributed by atoms with E-state index >= 15 is 0 Å². The van der Waals surface area contributed by atoms with Crippen molar-refractivity contribution in [3.8, 4) is 0 Å². The fourth-order valence-electron chi connectivity index (χ4n) is 4.76. The van der Waals surface area contributed by atoms with Crippen molar-refractivity contribution < 1.29 is 18.7 Å². The molecule has 1 spiro atoms. The molecule has 5 rings (SSSR count). The first-order chi connectivity index (χ1) is 14.0. The quantitative estimate of drug-likeness (QED) is 0.777. The van der Waals surface area contributed by atoms with Gasteiger partial charge >= 0.3 is 0 Å². The maximum atomic E-state index is 13.2. The highest BCUT2D eigenvalue weighted by atomic mass is 19.1. The number of benzene rings is 1. The Morgan fingerprint density at radius 1 is 1.38 bits per heavy atom. The number of likely N-dealkylation sites (tertiary alicyclic amines) is 1. The third-order valence-corrected chi connectivity index (χ3v) is 6.09. The minimum absolute atomic E-state index is 0.0885. The molecule has 1 aromatic carbocycles. The molecule has 0 saturated carbocycles. The molecule has 7 nitrogen and oxygen atoms in total. The molecule has 1 N–H and O–H groups in total. The predicted molar refractivity (Wildman–Crippen MR) is 101 cm³/mol. The van der Waals surface area contributed by atoms with E-state index in [2.05, 4.69) is 10.2 Å². The highest BCUT2D eigenvalue weighted by Gasteiger charge is 2.67. The third kappa shape index (κ3) is 2.86. The van der Waals surface area contributed by atoms with Crippen molar-refractivity contribution in [1.82, 2.24) is 20.0 Å². The number of halogens is 1. The number of nitrogens with one attached hydrogen (secondary N) is 1. The summed E-state index contributed by atoms with van der Waals surface area (Å²) in [6.07, 6.45) is 5.09. The van der Waals surface area contributed by atoms with Crippen LogP contribution in [0.25, 0.3) is 0 Å². The second-order valence-corrected chi connectivity index (χ2v) is 8.00. The van der Waals surface area contributed by atoms with Gasteiger partial charge < -0.3 is 14.5 Å². The summed E-state index contributed by atoms with van der Waals surface area (Å²) >= 11 is 0. The van der Waals surface area contributed by atoms with Crippen molar-refractivity contribution in [1.29, 1.82) is 0 Å². The Labute approximate surface area is 167 Å². The van der Waals surface area contributed by atoms with E-state index in [0.29, 0.717) is 19.6 Å². The molecule has 4 atom stereocenters. The van der Waals surface area contributed by atoms with E-state index in [4.69, 9.17) is 4.74 Å². The molecule has 150 valence electrons. The van der Waals surface area contributed by atoms with Crippen LogP contribution in [0.5, 0.6) is 0 Å². The Morgan fingerprint density at radius 3 is 2.90 bits per heavy atom. The first-order valence-electron chi connectivity index (χ1n) is 9.60. The van der Waals surface area contributed by atoms with Gasteiger partial charge in [0, 0.05) is 19.8 Å². The van der Waals surface area contributed by atoms with Crippen LogP contribution in [0.1, 0.15) is 11.3 Å². The van der Waals surface area contributed by atoms with E-state index in [1.165, 1.54) is 12.1 Å². The molecule has 2 saturated heterocycles. The maximum absolute atomic E-state index is 13.2. The number of rotatable bonds is 5. The van der Waals surface area contributed by atoms with Gasteiger partial charge in [0.1, 0.15) is 11.4 Å². The Hall–Kier alpha value is -3.00. The van der Waals surface area contributed by atoms with E-state index in [9.17, 15) is 14.0 Å². The van der Waals surface area contributed by atoms with Crippen molar-refractivity contribution in [2.75, 3.05) is 13.6 Å². The summed E-state index contributed by atoms with van der Waals surface area (Å²) in [4.78, 5) is 29.8. The van der Waals surface area contributed by atoms with Crippen molar-refractivity contribution in [3.63, 3.8) is 0 Å². The average molecular weight is 396 g/mol. The molecule has 2 aromatic rings. The molecule has 0 aliphatic carbocycles. The second kappa shape index (κ2) is 6.52. The second-order valence-electron chi connectivity index (χ2n) is 8.00. The van der Waals surface area contributed by atoms with Crippen molar-refractivity contribution in [2.24, 2.45) is 11.8 Å². The van der Waals surface area contributed by atoms with Crippen molar-refractivity contribution in [3.05, 3.63) is 65.8 Å². The highest BCUT2D eigenvalue weighted by Crippen LogP contribution is 2.52. The summed E-state index contributed by atoms with van der Waals surface area (Å²) in [6, 6.07) is 7.92. The van der Waals surface area contributed by atoms with Crippen LogP contribution in [0.2, 0.25) is 0 Å². The van der Waals surface area contributed by atoms with Gasteiger partial charge in [0.05, 0.1) is 36.7 Å². The monoisotopic (exact) mass is 396 g/mol. The molecule has 0 unspecified atom stereocenters. The average Bonchev–Trinajstić information content (AvgIpc) is 3.46. The molecule has 0 radical (unpaired) electrons. The van der Waals surface area contributed by atoms with Crippen molar-refractivity contribution in [2.45, 2.75) is 24.8 Å². The van der Waals surface area contributed by atoms with Gasteiger partial charge in [0.15, 0.2) is 0 Å². The Kier molecular flexibility index (Phi) is 4.06. The zero-order valence-corrected chi connectivity index (χ0v) is 15.9. The Morgan fingerprint density at radius 2 is 2.17 bits per heavy atom. The van der Waals surface area contributed by atoms with Gasteiger partial charge in [-0.2, -0.15) is 5.10 Å². The number of fused-ring (bicyclic) bond motifs is 1. The molecule has 3 aliphatic heterocycles. The zero-order valence-electron chi connectivity index (χ0n) is 15.9. The summed E-state index contributed by atoms with van der Waals surface area (Å²) in [5.41, 5.74) is 0.913. The first-order valence-corrected chi connectivity index (χ1v) is 9.60. The molecule has 2 amide bonds. The lowest BCUT2D eigenvalue weighted by atomic mass is 9.76. The van der Waals surface area contributed by atoms with E-state index in [-0.39, 0.29) is 23.7 Å². The number of H-pyrrole nitrogens is 1. The van der Waals surface area contributed by atoms with Crippen LogP contribution in [-0.2, 0) is 27.4 Å². The fraction of sp³-hybridized carbons (Fsp3) is 0.381. The number of nitrogens with zero attached hydrogens (tertiary/aromatic N) is 3. The smallest absolute Gasteiger partial charge is 0.230 e. The Balaban J connectivity index is 1.36. The van der Waals surface area contributed by atoms with Gasteiger partial charge in [-0.05, 0) is 23.8 Å². The number of ether oxygens (including phenoxy) is 1. The molecule has 4 heterocycles. The minimum atomic E-state index is -0.753. The normalized spacial score (nSPS) is 29.5. The molecular weight excluding hydrogens is 375 g/mol. The summed E-state index contributed by atoms with van der Waals surface area (Å²) in [5.74, 6) is -1.59. The van der Waals surface area contributed by atoms with Gasteiger partial charge in [-0.15, -0.1) is 0 Å². The maximum Gasteiger partial charge on any atom is 0.230 e. The number of hydrogen-bond donors (Lipinski definition) is 1. The topological polar surface area (TPSA) is 78.5 Å². The summed E-state index contributed by atoms with van der Waals surface area (Å²) < 4.78 is 19.3. The molecule has 29 heavy (non-hydrogen) atoms. The van der Waals surface area contributed by atoms with Crippen LogP contribution in [0.15, 0.2) is 48.7 Å². The third-order valence-electron chi connectivity index (χ3n) is 6.09. The largest absolute Gasteiger partial charge is 0.360 e. The number of carbonyl (C=O) groups is 2. The first kappa shape index (κ1) is 18.1. The van der Waals surface area contributed by atoms with Crippen LogP contribution in [0.3, 0.4) is 0 Å². The van der Waals surface area contributed by atoms with Crippen LogP contribution in [0.4, 0.5) is 4.39 Å². The molecule has 2 fully saturated rings. The lowest BCUT2D eigenvalue weighted by Crippen LogP contribution is -2.44. The zero-order chi connectivity index (χ0) is 20.2. The molecule has 8 heteroatoms.